The molecule has 1 aliphatic heterocycles. The van der Waals surface area contributed by atoms with Crippen molar-refractivity contribution >= 4 is 16.7 Å². The van der Waals surface area contributed by atoms with Gasteiger partial charge in [0.05, 0.1) is 17.5 Å². The highest BCUT2D eigenvalue weighted by molar-refractivity contribution is 5.88. The van der Waals surface area contributed by atoms with Crippen molar-refractivity contribution < 1.29 is 4.79 Å². The molecule has 3 rings (SSSR count). The van der Waals surface area contributed by atoms with E-state index in [4.69, 9.17) is 0 Å². The maximum absolute atomic E-state index is 12.6. The van der Waals surface area contributed by atoms with Crippen LogP contribution in [0.3, 0.4) is 0 Å². The highest BCUT2D eigenvalue weighted by Crippen LogP contribution is 2.19. The van der Waals surface area contributed by atoms with E-state index in [1.165, 1.54) is 11.1 Å². The Morgan fingerprint density at radius 1 is 1.27 bits per heavy atom. The number of amides is 1. The van der Waals surface area contributed by atoms with E-state index < -0.39 is 0 Å². The molecule has 0 spiro atoms. The topological polar surface area (TPSA) is 55.2 Å². The van der Waals surface area contributed by atoms with Crippen LogP contribution in [0.15, 0.2) is 29.1 Å². The maximum atomic E-state index is 12.6. The van der Waals surface area contributed by atoms with Gasteiger partial charge < -0.3 is 4.90 Å². The van der Waals surface area contributed by atoms with Gasteiger partial charge in [-0.05, 0) is 32.3 Å². The molecular formula is C17H21N3O2. The Morgan fingerprint density at radius 3 is 2.73 bits per heavy atom. The predicted molar refractivity (Wildman–Crippen MR) is 85.7 cm³/mol. The van der Waals surface area contributed by atoms with Gasteiger partial charge in [0.2, 0.25) is 5.91 Å². The number of fused-ring (bicyclic) bond motifs is 1. The van der Waals surface area contributed by atoms with Crippen molar-refractivity contribution in [3.05, 3.63) is 40.3 Å². The molecule has 2 aromatic rings. The first-order valence-electron chi connectivity index (χ1n) is 7.82. The number of carbonyl (C=O) groups excluding carboxylic acids is 1. The largest absolute Gasteiger partial charge is 0.340 e. The summed E-state index contributed by atoms with van der Waals surface area (Å²) < 4.78 is 1.32. The van der Waals surface area contributed by atoms with Gasteiger partial charge in [-0.25, -0.2) is 4.68 Å². The molecule has 5 heteroatoms. The fourth-order valence-electron chi connectivity index (χ4n) is 3.22. The average molecular weight is 299 g/mol. The molecule has 2 heterocycles. The number of nitrogens with zero attached hydrogens (tertiary/aromatic N) is 3. The van der Waals surface area contributed by atoms with Gasteiger partial charge in [-0.2, -0.15) is 5.10 Å². The van der Waals surface area contributed by atoms with Gasteiger partial charge in [-0.3, -0.25) is 9.59 Å². The lowest BCUT2D eigenvalue weighted by Gasteiger charge is -2.33. The number of benzene rings is 1. The van der Waals surface area contributed by atoms with Crippen molar-refractivity contribution in [1.82, 2.24) is 14.7 Å². The summed E-state index contributed by atoms with van der Waals surface area (Å²) in [7, 11) is 1.63. The van der Waals surface area contributed by atoms with Crippen LogP contribution in [-0.4, -0.2) is 33.2 Å². The fourth-order valence-corrected chi connectivity index (χ4v) is 3.22. The van der Waals surface area contributed by atoms with Crippen LogP contribution in [0, 0.1) is 0 Å². The molecule has 0 saturated carbocycles. The SMILES string of the molecule is CC1CCCCN1C(=O)Cc1nn(C)c(=O)c2ccccc12. The average Bonchev–Trinajstić information content (AvgIpc) is 2.52. The van der Waals surface area contributed by atoms with E-state index in [2.05, 4.69) is 12.0 Å². The standard InChI is InChI=1S/C17H21N3O2/c1-12-7-5-6-10-20(12)16(21)11-15-13-8-3-4-9-14(13)17(22)19(2)18-15/h3-4,8-9,12H,5-7,10-11H2,1-2H3. The van der Waals surface area contributed by atoms with Crippen molar-refractivity contribution in [3.63, 3.8) is 0 Å². The highest BCUT2D eigenvalue weighted by atomic mass is 16.2. The lowest BCUT2D eigenvalue weighted by molar-refractivity contribution is -0.133. The number of piperidine rings is 1. The second kappa shape index (κ2) is 5.91. The molecule has 0 N–H and O–H groups in total. The Bertz CT molecular complexity index is 766. The first-order valence-corrected chi connectivity index (χ1v) is 7.82. The second-order valence-electron chi connectivity index (χ2n) is 6.03. The number of rotatable bonds is 2. The Labute approximate surface area is 129 Å². The summed E-state index contributed by atoms with van der Waals surface area (Å²) in [5, 5.41) is 5.72. The third-order valence-corrected chi connectivity index (χ3v) is 4.47. The van der Waals surface area contributed by atoms with E-state index in [1.54, 1.807) is 13.1 Å². The summed E-state index contributed by atoms with van der Waals surface area (Å²) in [5.74, 6) is 0.100. The van der Waals surface area contributed by atoms with Gasteiger partial charge in [0.1, 0.15) is 0 Å². The molecule has 1 amide bonds. The summed E-state index contributed by atoms with van der Waals surface area (Å²) in [6.07, 6.45) is 3.57. The molecule has 0 bridgehead atoms. The lowest BCUT2D eigenvalue weighted by atomic mass is 10.0. The van der Waals surface area contributed by atoms with E-state index in [-0.39, 0.29) is 17.9 Å². The number of aromatic nitrogens is 2. The molecule has 1 aliphatic rings. The highest BCUT2D eigenvalue weighted by Gasteiger charge is 2.24. The summed E-state index contributed by atoms with van der Waals surface area (Å²) in [6.45, 7) is 2.92. The molecule has 1 fully saturated rings. The van der Waals surface area contributed by atoms with Crippen LogP contribution in [0.1, 0.15) is 31.9 Å². The monoisotopic (exact) mass is 299 g/mol. The Morgan fingerprint density at radius 2 is 2.00 bits per heavy atom. The first kappa shape index (κ1) is 14.8. The molecule has 0 radical (unpaired) electrons. The molecule has 1 aromatic heterocycles. The zero-order valence-electron chi connectivity index (χ0n) is 13.1. The van der Waals surface area contributed by atoms with Crippen LogP contribution < -0.4 is 5.56 Å². The molecule has 22 heavy (non-hydrogen) atoms. The smallest absolute Gasteiger partial charge is 0.274 e. The van der Waals surface area contributed by atoms with Crippen molar-refractivity contribution in [2.75, 3.05) is 6.54 Å². The molecule has 1 saturated heterocycles. The number of hydrogen-bond donors (Lipinski definition) is 0. The summed E-state index contributed by atoms with van der Waals surface area (Å²) in [6, 6.07) is 7.66. The molecule has 1 unspecified atom stereocenters. The van der Waals surface area contributed by atoms with Crippen LogP contribution >= 0.6 is 0 Å². The minimum atomic E-state index is -0.127. The molecular weight excluding hydrogens is 278 g/mol. The minimum absolute atomic E-state index is 0.100. The normalized spacial score (nSPS) is 18.6. The van der Waals surface area contributed by atoms with Crippen LogP contribution in [0.25, 0.3) is 10.8 Å². The summed E-state index contributed by atoms with van der Waals surface area (Å²) in [5.41, 5.74) is 0.554. The molecule has 1 atom stereocenters. The first-order chi connectivity index (χ1) is 10.6. The zero-order valence-corrected chi connectivity index (χ0v) is 13.1. The van der Waals surface area contributed by atoms with Crippen molar-refractivity contribution in [2.24, 2.45) is 7.05 Å². The third-order valence-electron chi connectivity index (χ3n) is 4.47. The van der Waals surface area contributed by atoms with E-state index in [1.807, 2.05) is 23.1 Å². The third kappa shape index (κ3) is 2.63. The molecule has 5 nitrogen and oxygen atoms in total. The van der Waals surface area contributed by atoms with Gasteiger partial charge in [0.15, 0.2) is 0 Å². The van der Waals surface area contributed by atoms with Gasteiger partial charge in [0, 0.05) is 25.0 Å². The Balaban J connectivity index is 1.95. The maximum Gasteiger partial charge on any atom is 0.274 e. The van der Waals surface area contributed by atoms with E-state index in [9.17, 15) is 9.59 Å². The number of likely N-dealkylation sites (tertiary alicyclic amines) is 1. The zero-order chi connectivity index (χ0) is 15.7. The minimum Gasteiger partial charge on any atom is -0.340 e. The van der Waals surface area contributed by atoms with Crippen molar-refractivity contribution in [1.29, 1.82) is 0 Å². The van der Waals surface area contributed by atoms with Crippen LogP contribution in [0.4, 0.5) is 0 Å². The predicted octanol–water partition coefficient (Wildman–Crippen LogP) is 1.88. The summed E-state index contributed by atoms with van der Waals surface area (Å²) in [4.78, 5) is 26.7. The molecule has 1 aromatic carbocycles. The number of aryl methyl sites for hydroxylation is 1. The van der Waals surface area contributed by atoms with E-state index in [0.717, 1.165) is 24.8 Å². The summed E-state index contributed by atoms with van der Waals surface area (Å²) >= 11 is 0. The lowest BCUT2D eigenvalue weighted by Crippen LogP contribution is -2.43. The molecule has 116 valence electrons. The van der Waals surface area contributed by atoms with Gasteiger partial charge in [-0.15, -0.1) is 0 Å². The number of carbonyl (C=O) groups is 1. The second-order valence-corrected chi connectivity index (χ2v) is 6.03. The van der Waals surface area contributed by atoms with E-state index in [0.29, 0.717) is 17.1 Å². The van der Waals surface area contributed by atoms with Crippen molar-refractivity contribution in [2.45, 2.75) is 38.6 Å². The van der Waals surface area contributed by atoms with Crippen molar-refractivity contribution in [3.8, 4) is 0 Å². The Kier molecular flexibility index (Phi) is 3.96. The fraction of sp³-hybridized carbons (Fsp3) is 0.471. The van der Waals surface area contributed by atoms with Crippen LogP contribution in [0.5, 0.6) is 0 Å². The van der Waals surface area contributed by atoms with Gasteiger partial charge in [0.25, 0.3) is 5.56 Å². The molecule has 0 aliphatic carbocycles. The van der Waals surface area contributed by atoms with Crippen LogP contribution in [0.2, 0.25) is 0 Å². The van der Waals surface area contributed by atoms with Crippen LogP contribution in [-0.2, 0) is 18.3 Å². The Hall–Kier alpha value is -2.17. The van der Waals surface area contributed by atoms with Gasteiger partial charge in [-0.1, -0.05) is 18.2 Å². The van der Waals surface area contributed by atoms with E-state index >= 15 is 0 Å². The quantitative estimate of drug-likeness (QED) is 0.851. The number of hydrogen-bond acceptors (Lipinski definition) is 3. The van der Waals surface area contributed by atoms with Gasteiger partial charge >= 0.3 is 0 Å².